The van der Waals surface area contributed by atoms with Crippen LogP contribution in [0.3, 0.4) is 0 Å². The van der Waals surface area contributed by atoms with Crippen LogP contribution >= 0.6 is 0 Å². The van der Waals surface area contributed by atoms with E-state index < -0.39 is 38.6 Å². The Morgan fingerprint density at radius 3 is 2.32 bits per heavy atom. The average Bonchev–Trinajstić information content (AvgIpc) is 4.05. The van der Waals surface area contributed by atoms with E-state index in [-0.39, 0.29) is 52.2 Å². The van der Waals surface area contributed by atoms with Gasteiger partial charge in [0.05, 0.1) is 43.3 Å². The zero-order valence-corrected chi connectivity index (χ0v) is 40.7. The zero-order valence-electron chi connectivity index (χ0n) is 39.9. The number of H-pyrrole nitrogens is 1. The number of nitrogens with zero attached hydrogens (tertiary/aromatic N) is 8. The summed E-state index contributed by atoms with van der Waals surface area (Å²) in [7, 11) is -1.35. The predicted octanol–water partition coefficient (Wildman–Crippen LogP) is 8.48. The molecule has 0 radical (unpaired) electrons. The number of carbonyl (C=O) groups excluding carboxylic acids is 1. The summed E-state index contributed by atoms with van der Waals surface area (Å²) in [5, 5.41) is 9.98. The molecule has 4 aliphatic rings. The van der Waals surface area contributed by atoms with Gasteiger partial charge < -0.3 is 14.2 Å². The smallest absolute Gasteiger partial charge is 0.376 e. The Kier molecular flexibility index (Phi) is 10.3. The molecule has 1 saturated heterocycles. The summed E-state index contributed by atoms with van der Waals surface area (Å²) in [6.07, 6.45) is 7.14. The molecule has 4 aromatic heterocycles. The van der Waals surface area contributed by atoms with Crippen LogP contribution in [0.25, 0.3) is 28.1 Å². The predicted molar refractivity (Wildman–Crippen MR) is 255 cm³/mol. The van der Waals surface area contributed by atoms with E-state index in [1.54, 1.807) is 48.6 Å². The average molecular weight is 960 g/mol. The fourth-order valence-electron chi connectivity index (χ4n) is 11.4. The summed E-state index contributed by atoms with van der Waals surface area (Å²) >= 11 is 0. The number of ether oxygens (including phenoxy) is 1. The van der Waals surface area contributed by atoms with Gasteiger partial charge in [0, 0.05) is 66.3 Å². The van der Waals surface area contributed by atoms with Gasteiger partial charge in [-0.25, -0.2) is 31.6 Å². The van der Waals surface area contributed by atoms with Crippen molar-refractivity contribution in [2.24, 2.45) is 10.3 Å². The van der Waals surface area contributed by atoms with E-state index in [1.807, 2.05) is 17.6 Å². The van der Waals surface area contributed by atoms with Crippen molar-refractivity contribution in [1.29, 1.82) is 0 Å². The fraction of sp³-hybridized carbons (Fsp3) is 0.431. The maximum absolute atomic E-state index is 16.5. The number of hydrogen-bond donors (Lipinski definition) is 1. The normalized spacial score (nSPS) is 23.0. The van der Waals surface area contributed by atoms with Crippen LogP contribution in [0.2, 0.25) is 0 Å². The number of nitrogens with one attached hydrogen (secondary N) is 1. The molecule has 1 amide bonds. The molecule has 2 aliphatic heterocycles. The third-order valence-corrected chi connectivity index (χ3v) is 18.2. The molecule has 3 aromatic carbocycles. The lowest BCUT2D eigenvalue weighted by molar-refractivity contribution is -0.0592. The standard InChI is InChI=1S/C51H55F2N9O6S/c1-27-21-35(22-28(2)43(27)52)62-45(60-19-18-59(49(60)65)39-13-14-41(30(4)44(39)53)69(66,54-8)36-10-11-36)42-31(5)58(17-15-37(42)56-62)46(63)40-24-34-23-32(33-16-20-67-50(6,7)26-33)9-12-38(34)61(40)51(25-29(51)3)47-55-48(64)68-57-47/h9,12-14,18-19,21-24,29,31,33,36H,10-11,15-17,20,25-26H2,1-8H3,(H,55,57,64)/t29-,31-,33-,51-,69+/m0/s1. The fourth-order valence-corrected chi connectivity index (χ4v) is 13.8. The van der Waals surface area contributed by atoms with Gasteiger partial charge in [-0.05, 0) is 145 Å². The third-order valence-electron chi connectivity index (χ3n) is 15.3. The van der Waals surface area contributed by atoms with E-state index in [0.29, 0.717) is 69.8 Å². The molecule has 11 rings (SSSR count). The third kappa shape index (κ3) is 6.94. The Hall–Kier alpha value is -6.40. The molecule has 1 N–H and O–H groups in total. The number of rotatable bonds is 9. The molecule has 15 nitrogen and oxygen atoms in total. The number of benzene rings is 3. The molecular formula is C51H55F2N9O6S. The highest BCUT2D eigenvalue weighted by Gasteiger charge is 2.59. The van der Waals surface area contributed by atoms with Crippen molar-refractivity contribution in [3.8, 4) is 17.2 Å². The lowest BCUT2D eigenvalue weighted by atomic mass is 9.83. The molecule has 7 aromatic rings. The summed E-state index contributed by atoms with van der Waals surface area (Å²) in [5.41, 5.74) is 3.23. The van der Waals surface area contributed by atoms with Gasteiger partial charge in [-0.15, -0.1) is 0 Å². The molecule has 2 saturated carbocycles. The molecule has 5 atom stereocenters. The van der Waals surface area contributed by atoms with Gasteiger partial charge in [0.15, 0.2) is 11.6 Å². The van der Waals surface area contributed by atoms with Gasteiger partial charge >= 0.3 is 11.4 Å². The lowest BCUT2D eigenvalue weighted by Crippen LogP contribution is -2.41. The second-order valence-corrected chi connectivity index (χ2v) is 22.8. The topological polar surface area (TPSA) is 168 Å². The first-order chi connectivity index (χ1) is 32.9. The zero-order chi connectivity index (χ0) is 48.6. The van der Waals surface area contributed by atoms with Crippen LogP contribution in [-0.4, -0.2) is 79.7 Å². The van der Waals surface area contributed by atoms with Crippen molar-refractivity contribution in [3.05, 3.63) is 139 Å². The monoisotopic (exact) mass is 959 g/mol. The second kappa shape index (κ2) is 15.8. The van der Waals surface area contributed by atoms with Crippen LogP contribution in [0.5, 0.6) is 0 Å². The van der Waals surface area contributed by atoms with Crippen LogP contribution in [0.1, 0.15) is 122 Å². The Morgan fingerprint density at radius 1 is 0.942 bits per heavy atom. The van der Waals surface area contributed by atoms with Crippen molar-refractivity contribution >= 4 is 26.5 Å². The van der Waals surface area contributed by atoms with Crippen LogP contribution in [0.15, 0.2) is 84.3 Å². The first kappa shape index (κ1) is 45.1. The van der Waals surface area contributed by atoms with Crippen molar-refractivity contribution in [2.45, 2.75) is 120 Å². The number of aromatic amines is 1. The highest BCUT2D eigenvalue weighted by molar-refractivity contribution is 7.94. The maximum Gasteiger partial charge on any atom is 0.438 e. The minimum absolute atomic E-state index is 0.0149. The SMILES string of the molecule is CN=[S@](=O)(c1ccc(-n2ccn(-c3c4c(nn3-c3cc(C)c(F)c(C)c3)CCN(C(=O)c3cc5cc([C@H]6CCOC(C)(C)C6)ccc5n3[C@@]3(c5noc(=O)[nH]5)C[C@@H]3C)[C@H]4C)c2=O)c(F)c1C)C1CC1. The number of amides is 1. The second-order valence-electron chi connectivity index (χ2n) is 20.2. The number of hydrogen-bond acceptors (Lipinski definition) is 9. The van der Waals surface area contributed by atoms with Crippen LogP contribution in [-0.2, 0) is 26.4 Å². The van der Waals surface area contributed by atoms with Crippen LogP contribution in [0, 0.1) is 38.3 Å². The quantitative estimate of drug-likeness (QED) is 0.150. The van der Waals surface area contributed by atoms with Gasteiger partial charge in [0.1, 0.15) is 22.9 Å². The van der Waals surface area contributed by atoms with Gasteiger partial charge in [-0.3, -0.25) is 23.4 Å². The summed E-state index contributed by atoms with van der Waals surface area (Å²) in [5.74, 6) is -1.12. The largest absolute Gasteiger partial charge is 0.438 e. The molecule has 0 bridgehead atoms. The maximum atomic E-state index is 16.5. The van der Waals surface area contributed by atoms with E-state index in [9.17, 15) is 13.8 Å². The van der Waals surface area contributed by atoms with Crippen molar-refractivity contribution in [2.75, 3.05) is 20.2 Å². The van der Waals surface area contributed by atoms with E-state index >= 15 is 13.6 Å². The van der Waals surface area contributed by atoms with E-state index in [1.165, 1.54) is 34.6 Å². The number of fused-ring (bicyclic) bond motifs is 2. The summed E-state index contributed by atoms with van der Waals surface area (Å²) in [6.45, 7) is 14.0. The number of carbonyl (C=O) groups is 1. The highest BCUT2D eigenvalue weighted by Crippen LogP contribution is 2.56. The minimum Gasteiger partial charge on any atom is -0.376 e. The number of halogens is 2. The molecule has 0 unspecified atom stereocenters. The van der Waals surface area contributed by atoms with Gasteiger partial charge in [0.2, 0.25) is 0 Å². The van der Waals surface area contributed by atoms with Crippen molar-refractivity contribution in [1.82, 2.24) is 38.5 Å². The summed E-state index contributed by atoms with van der Waals surface area (Å²) in [6, 6.07) is 14.0. The van der Waals surface area contributed by atoms with Crippen molar-refractivity contribution in [3.63, 3.8) is 0 Å². The Balaban J connectivity index is 1.05. The molecule has 3 fully saturated rings. The summed E-state index contributed by atoms with van der Waals surface area (Å²) in [4.78, 5) is 47.8. The Bertz CT molecular complexity index is 3520. The van der Waals surface area contributed by atoms with E-state index in [2.05, 4.69) is 53.5 Å². The van der Waals surface area contributed by atoms with Crippen LogP contribution in [0.4, 0.5) is 8.78 Å². The molecular weight excluding hydrogens is 905 g/mol. The van der Waals surface area contributed by atoms with Gasteiger partial charge in [-0.2, -0.15) is 5.10 Å². The molecule has 6 heterocycles. The number of aryl methyl sites for hydroxylation is 2. The first-order valence-corrected chi connectivity index (χ1v) is 25.2. The lowest BCUT2D eigenvalue weighted by Gasteiger charge is -2.35. The van der Waals surface area contributed by atoms with E-state index in [0.717, 1.165) is 42.1 Å². The number of aromatic nitrogens is 7. The van der Waals surface area contributed by atoms with Gasteiger partial charge in [0.25, 0.3) is 5.91 Å². The Labute approximate surface area is 397 Å². The molecule has 360 valence electrons. The summed E-state index contributed by atoms with van der Waals surface area (Å²) < 4.78 is 67.2. The first-order valence-electron chi connectivity index (χ1n) is 23.7. The van der Waals surface area contributed by atoms with Crippen LogP contribution < -0.4 is 11.4 Å². The van der Waals surface area contributed by atoms with E-state index in [4.69, 9.17) is 14.4 Å². The Morgan fingerprint density at radius 2 is 1.67 bits per heavy atom. The molecule has 18 heteroatoms. The highest BCUT2D eigenvalue weighted by atomic mass is 32.2. The molecule has 2 aliphatic carbocycles. The minimum atomic E-state index is -2.85. The van der Waals surface area contributed by atoms with Crippen molar-refractivity contribution < 1.29 is 27.0 Å². The molecule has 0 spiro atoms. The molecule has 69 heavy (non-hydrogen) atoms. The van der Waals surface area contributed by atoms with Gasteiger partial charge in [-0.1, -0.05) is 18.1 Å². The number of imidazole rings is 1.